The van der Waals surface area contributed by atoms with Crippen molar-refractivity contribution in [1.82, 2.24) is 0 Å². The van der Waals surface area contributed by atoms with Crippen molar-refractivity contribution >= 4 is 5.69 Å². The minimum absolute atomic E-state index is 0.622. The fraction of sp³-hybridized carbons (Fsp3) is 0.571. The molecule has 0 aliphatic carbocycles. The van der Waals surface area contributed by atoms with Gasteiger partial charge in [0.05, 0.1) is 0 Å². The van der Waals surface area contributed by atoms with Crippen LogP contribution in [0.1, 0.15) is 26.7 Å². The van der Waals surface area contributed by atoms with Gasteiger partial charge in [0, 0.05) is 26.3 Å². The van der Waals surface area contributed by atoms with Crippen LogP contribution in [0.5, 0.6) is 0 Å². The summed E-state index contributed by atoms with van der Waals surface area (Å²) in [4.78, 5) is 0. The third kappa shape index (κ3) is 4.36. The molecule has 1 rings (SSSR count). The number of hydrogen-bond donors (Lipinski definition) is 1. The van der Waals surface area contributed by atoms with Crippen molar-refractivity contribution in [2.45, 2.75) is 32.6 Å². The summed E-state index contributed by atoms with van der Waals surface area (Å²) in [6.45, 7) is 4.39. The Morgan fingerprint density at radius 2 is 1.71 bits per heavy atom. The van der Waals surface area contributed by atoms with Crippen molar-refractivity contribution < 1.29 is 9.47 Å². The van der Waals surface area contributed by atoms with Gasteiger partial charge in [-0.2, -0.15) is 0 Å². The number of methoxy groups -OCH3 is 2. The molecule has 1 aromatic rings. The van der Waals surface area contributed by atoms with E-state index in [0.717, 1.165) is 18.5 Å². The molecule has 0 unspecified atom stereocenters. The molecular formula is C14H23NO2. The van der Waals surface area contributed by atoms with Crippen molar-refractivity contribution in [2.75, 3.05) is 19.5 Å². The van der Waals surface area contributed by atoms with Gasteiger partial charge in [-0.15, -0.1) is 0 Å². The lowest BCUT2D eigenvalue weighted by molar-refractivity contribution is -0.191. The van der Waals surface area contributed by atoms with Crippen LogP contribution < -0.4 is 5.32 Å². The van der Waals surface area contributed by atoms with Gasteiger partial charge in [-0.3, -0.25) is 0 Å². The molecule has 1 aromatic carbocycles. The summed E-state index contributed by atoms with van der Waals surface area (Å²) in [5.41, 5.74) is 1.000. The molecule has 0 bridgehead atoms. The van der Waals surface area contributed by atoms with E-state index in [4.69, 9.17) is 9.47 Å². The summed E-state index contributed by atoms with van der Waals surface area (Å²) in [5.74, 6) is -0.108. The first-order valence-electron chi connectivity index (χ1n) is 6.05. The number of para-hydroxylation sites is 1. The molecule has 0 amide bonds. The van der Waals surface area contributed by atoms with Crippen LogP contribution in [0, 0.1) is 5.92 Å². The molecule has 0 spiro atoms. The quantitative estimate of drug-likeness (QED) is 0.736. The average molecular weight is 237 g/mol. The van der Waals surface area contributed by atoms with Gasteiger partial charge in [-0.1, -0.05) is 32.0 Å². The van der Waals surface area contributed by atoms with Crippen LogP contribution in [-0.4, -0.2) is 20.1 Å². The highest BCUT2D eigenvalue weighted by Crippen LogP contribution is 2.23. The van der Waals surface area contributed by atoms with E-state index in [0.29, 0.717) is 5.92 Å². The summed E-state index contributed by atoms with van der Waals surface area (Å²) in [7, 11) is 3.33. The topological polar surface area (TPSA) is 30.5 Å². The van der Waals surface area contributed by atoms with Gasteiger partial charge in [0.15, 0.2) is 0 Å². The normalized spacial score (nSPS) is 11.8. The largest absolute Gasteiger partial charge is 0.336 e. The second-order valence-electron chi connectivity index (χ2n) is 4.58. The summed E-state index contributed by atoms with van der Waals surface area (Å²) < 4.78 is 11.0. The third-order valence-electron chi connectivity index (χ3n) is 2.82. The van der Waals surface area contributed by atoms with Crippen molar-refractivity contribution in [3.05, 3.63) is 30.3 Å². The summed E-state index contributed by atoms with van der Waals surface area (Å²) >= 11 is 0. The molecule has 0 radical (unpaired) electrons. The number of benzene rings is 1. The van der Waals surface area contributed by atoms with Crippen LogP contribution in [0.25, 0.3) is 0 Å². The van der Waals surface area contributed by atoms with Crippen LogP contribution in [0.2, 0.25) is 0 Å². The van der Waals surface area contributed by atoms with Crippen molar-refractivity contribution in [1.29, 1.82) is 0 Å². The van der Waals surface area contributed by atoms with Crippen LogP contribution in [-0.2, 0) is 9.47 Å². The van der Waals surface area contributed by atoms with E-state index in [1.165, 1.54) is 0 Å². The molecule has 3 nitrogen and oxygen atoms in total. The smallest absolute Gasteiger partial charge is 0.248 e. The number of anilines is 1. The van der Waals surface area contributed by atoms with Gasteiger partial charge in [0.2, 0.25) is 5.91 Å². The van der Waals surface area contributed by atoms with Crippen LogP contribution in [0.15, 0.2) is 30.3 Å². The first-order valence-corrected chi connectivity index (χ1v) is 6.05. The molecule has 0 aliphatic rings. The van der Waals surface area contributed by atoms with E-state index in [9.17, 15) is 0 Å². The van der Waals surface area contributed by atoms with Gasteiger partial charge in [0.25, 0.3) is 0 Å². The zero-order valence-electron chi connectivity index (χ0n) is 11.2. The second-order valence-corrected chi connectivity index (χ2v) is 4.58. The zero-order valence-corrected chi connectivity index (χ0v) is 11.2. The summed E-state index contributed by atoms with van der Waals surface area (Å²) in [5, 5.41) is 3.30. The Labute approximate surface area is 104 Å². The lowest BCUT2D eigenvalue weighted by Crippen LogP contribution is -2.42. The molecule has 0 saturated heterocycles. The van der Waals surface area contributed by atoms with Crippen LogP contribution in [0.3, 0.4) is 0 Å². The van der Waals surface area contributed by atoms with E-state index in [1.54, 1.807) is 14.2 Å². The fourth-order valence-electron chi connectivity index (χ4n) is 1.67. The molecular weight excluding hydrogens is 214 g/mol. The van der Waals surface area contributed by atoms with Crippen molar-refractivity contribution in [2.24, 2.45) is 5.92 Å². The SMILES string of the molecule is COC(CCC(C)C)(Nc1ccccc1)OC. The molecule has 0 aliphatic heterocycles. The predicted molar refractivity (Wildman–Crippen MR) is 70.9 cm³/mol. The van der Waals surface area contributed by atoms with Gasteiger partial charge < -0.3 is 14.8 Å². The van der Waals surface area contributed by atoms with E-state index in [2.05, 4.69) is 19.2 Å². The lowest BCUT2D eigenvalue weighted by atomic mass is 10.1. The summed E-state index contributed by atoms with van der Waals surface area (Å²) in [6.07, 6.45) is 1.86. The first kappa shape index (κ1) is 14.0. The number of ether oxygens (including phenoxy) is 2. The molecule has 0 fully saturated rings. The maximum atomic E-state index is 5.51. The Kier molecular flexibility index (Phi) is 5.45. The average Bonchev–Trinajstić information content (AvgIpc) is 2.36. The van der Waals surface area contributed by atoms with E-state index in [1.807, 2.05) is 30.3 Å². The van der Waals surface area contributed by atoms with Crippen LogP contribution >= 0.6 is 0 Å². The molecule has 96 valence electrons. The highest BCUT2D eigenvalue weighted by molar-refractivity contribution is 5.43. The molecule has 0 heterocycles. The minimum Gasteiger partial charge on any atom is -0.336 e. The van der Waals surface area contributed by atoms with Crippen LogP contribution in [0.4, 0.5) is 5.69 Å². The Bertz CT molecular complexity index is 307. The number of hydrogen-bond acceptors (Lipinski definition) is 3. The molecule has 0 aromatic heterocycles. The van der Waals surface area contributed by atoms with E-state index in [-0.39, 0.29) is 0 Å². The Hall–Kier alpha value is -1.06. The monoisotopic (exact) mass is 237 g/mol. The van der Waals surface area contributed by atoms with Crippen molar-refractivity contribution in [3.63, 3.8) is 0 Å². The summed E-state index contributed by atoms with van der Waals surface area (Å²) in [6, 6.07) is 9.96. The van der Waals surface area contributed by atoms with E-state index >= 15 is 0 Å². The Balaban J connectivity index is 2.70. The van der Waals surface area contributed by atoms with E-state index < -0.39 is 5.91 Å². The van der Waals surface area contributed by atoms with Gasteiger partial charge >= 0.3 is 0 Å². The zero-order chi connectivity index (χ0) is 12.7. The molecule has 0 atom stereocenters. The molecule has 3 heteroatoms. The second kappa shape index (κ2) is 6.62. The molecule has 0 saturated carbocycles. The minimum atomic E-state index is -0.731. The molecule has 1 N–H and O–H groups in total. The predicted octanol–water partition coefficient (Wildman–Crippen LogP) is 3.48. The number of rotatable bonds is 7. The van der Waals surface area contributed by atoms with Crippen molar-refractivity contribution in [3.8, 4) is 0 Å². The molecule has 17 heavy (non-hydrogen) atoms. The Morgan fingerprint density at radius 1 is 1.12 bits per heavy atom. The number of nitrogens with one attached hydrogen (secondary N) is 1. The Morgan fingerprint density at radius 3 is 2.18 bits per heavy atom. The highest BCUT2D eigenvalue weighted by atomic mass is 16.7. The van der Waals surface area contributed by atoms with Gasteiger partial charge in [0.1, 0.15) is 0 Å². The lowest BCUT2D eigenvalue weighted by Gasteiger charge is -2.33. The van der Waals surface area contributed by atoms with Gasteiger partial charge in [-0.05, 0) is 24.5 Å². The maximum Gasteiger partial charge on any atom is 0.248 e. The third-order valence-corrected chi connectivity index (χ3v) is 2.82. The first-order chi connectivity index (χ1) is 8.12. The fourth-order valence-corrected chi connectivity index (χ4v) is 1.67. The van der Waals surface area contributed by atoms with Gasteiger partial charge in [-0.25, -0.2) is 0 Å². The maximum absolute atomic E-state index is 5.51. The standard InChI is InChI=1S/C14H23NO2/c1-12(2)10-11-14(16-3,17-4)15-13-8-6-5-7-9-13/h5-9,12,15H,10-11H2,1-4H3. The highest BCUT2D eigenvalue weighted by Gasteiger charge is 2.29.